The number of hydrogen-bond acceptors (Lipinski definition) is 6. The van der Waals surface area contributed by atoms with Gasteiger partial charge in [0.15, 0.2) is 0 Å². The van der Waals surface area contributed by atoms with E-state index in [-0.39, 0.29) is 16.7 Å². The summed E-state index contributed by atoms with van der Waals surface area (Å²) in [4.78, 5) is 30.6. The number of ether oxygens (including phenoxy) is 2. The Morgan fingerprint density at radius 1 is 1.03 bits per heavy atom. The van der Waals surface area contributed by atoms with Gasteiger partial charge in [-0.05, 0) is 49.7 Å². The van der Waals surface area contributed by atoms with Crippen molar-refractivity contribution in [1.82, 2.24) is 9.80 Å². The van der Waals surface area contributed by atoms with Crippen molar-refractivity contribution in [3.8, 4) is 11.5 Å². The molecule has 1 fully saturated rings. The average Bonchev–Trinajstić information content (AvgIpc) is 3.13. The number of likely N-dealkylation sites (tertiary alicyclic amines) is 1. The van der Waals surface area contributed by atoms with E-state index >= 15 is 0 Å². The van der Waals surface area contributed by atoms with E-state index in [9.17, 15) is 14.7 Å². The lowest BCUT2D eigenvalue weighted by Gasteiger charge is -2.29. The van der Waals surface area contributed by atoms with Crippen molar-refractivity contribution < 1.29 is 24.2 Å². The molecule has 0 aliphatic carbocycles. The molecule has 7 heteroatoms. The molecule has 200 valence electrons. The highest BCUT2D eigenvalue weighted by Crippen LogP contribution is 2.43. The van der Waals surface area contributed by atoms with E-state index < -0.39 is 17.7 Å². The second kappa shape index (κ2) is 11.8. The molecule has 37 heavy (non-hydrogen) atoms. The number of methoxy groups -OCH3 is 1. The summed E-state index contributed by atoms with van der Waals surface area (Å²) in [6.45, 7) is 15.4. The second-order valence-electron chi connectivity index (χ2n) is 10.2. The van der Waals surface area contributed by atoms with Crippen LogP contribution in [0.5, 0.6) is 11.5 Å². The fourth-order valence-electron chi connectivity index (χ4n) is 4.82. The maximum absolute atomic E-state index is 13.5. The third-order valence-corrected chi connectivity index (χ3v) is 6.89. The maximum Gasteiger partial charge on any atom is 0.295 e. The second-order valence-corrected chi connectivity index (χ2v) is 10.2. The van der Waals surface area contributed by atoms with Gasteiger partial charge >= 0.3 is 0 Å². The molecule has 0 radical (unpaired) electrons. The minimum atomic E-state index is -0.767. The van der Waals surface area contributed by atoms with E-state index in [0.717, 1.165) is 24.4 Å². The molecular weight excluding hydrogens is 468 g/mol. The quantitative estimate of drug-likeness (QED) is 0.272. The van der Waals surface area contributed by atoms with Crippen LogP contribution >= 0.6 is 0 Å². The Balaban J connectivity index is 2.21. The summed E-state index contributed by atoms with van der Waals surface area (Å²) in [7, 11) is 1.56. The smallest absolute Gasteiger partial charge is 0.295 e. The normalized spacial score (nSPS) is 17.5. The van der Waals surface area contributed by atoms with Crippen molar-refractivity contribution >= 4 is 17.4 Å². The molecule has 3 rings (SSSR count). The summed E-state index contributed by atoms with van der Waals surface area (Å²) >= 11 is 0. The molecular formula is C30H40N2O5. The number of carbonyl (C=O) groups is 2. The number of aliphatic hydroxyl groups is 1. The Kier molecular flexibility index (Phi) is 9.02. The van der Waals surface area contributed by atoms with E-state index in [1.165, 1.54) is 0 Å². The predicted octanol–water partition coefficient (Wildman–Crippen LogP) is 5.15. The highest BCUT2D eigenvalue weighted by Gasteiger charge is 2.47. The van der Waals surface area contributed by atoms with Crippen LogP contribution in [0.2, 0.25) is 0 Å². The summed E-state index contributed by atoms with van der Waals surface area (Å²) in [5, 5.41) is 11.6. The summed E-state index contributed by atoms with van der Waals surface area (Å²) in [6, 6.07) is 12.0. The van der Waals surface area contributed by atoms with Gasteiger partial charge in [-0.25, -0.2) is 0 Å². The molecule has 0 bridgehead atoms. The van der Waals surface area contributed by atoms with E-state index in [1.807, 2.05) is 37.3 Å². The summed E-state index contributed by atoms with van der Waals surface area (Å²) in [6.07, 6.45) is 0. The van der Waals surface area contributed by atoms with Crippen LogP contribution in [-0.2, 0) is 15.0 Å². The van der Waals surface area contributed by atoms with Gasteiger partial charge < -0.3 is 24.4 Å². The molecule has 2 aromatic rings. The zero-order valence-corrected chi connectivity index (χ0v) is 23.1. The molecule has 1 aliphatic rings. The van der Waals surface area contributed by atoms with Crippen LogP contribution in [0, 0.1) is 0 Å². The Labute approximate surface area is 220 Å². The monoisotopic (exact) mass is 508 g/mol. The first-order valence-corrected chi connectivity index (χ1v) is 13.0. The lowest BCUT2D eigenvalue weighted by molar-refractivity contribution is -0.140. The van der Waals surface area contributed by atoms with Crippen molar-refractivity contribution in [3.05, 3.63) is 64.7 Å². The fraction of sp³-hybridized carbons (Fsp3) is 0.467. The summed E-state index contributed by atoms with van der Waals surface area (Å²) < 4.78 is 11.4. The number of hydrogen-bond donors (Lipinski definition) is 1. The van der Waals surface area contributed by atoms with Crippen molar-refractivity contribution in [2.24, 2.45) is 0 Å². The number of likely N-dealkylation sites (N-methyl/N-ethyl adjacent to an activating group) is 1. The molecule has 1 atom stereocenters. The molecule has 1 aliphatic heterocycles. The summed E-state index contributed by atoms with van der Waals surface area (Å²) in [5.74, 6) is -0.235. The lowest BCUT2D eigenvalue weighted by atomic mass is 9.84. The zero-order valence-electron chi connectivity index (χ0n) is 23.1. The molecule has 1 saturated heterocycles. The Bertz CT molecular complexity index is 1160. The van der Waals surface area contributed by atoms with E-state index in [4.69, 9.17) is 9.47 Å². The van der Waals surface area contributed by atoms with Gasteiger partial charge in [0.1, 0.15) is 17.3 Å². The fourth-order valence-corrected chi connectivity index (χ4v) is 4.82. The minimum absolute atomic E-state index is 0.0677. The third kappa shape index (κ3) is 5.82. The molecule has 2 aromatic carbocycles. The van der Waals surface area contributed by atoms with E-state index in [1.54, 1.807) is 24.1 Å². The van der Waals surface area contributed by atoms with Crippen molar-refractivity contribution in [2.75, 3.05) is 39.9 Å². The van der Waals surface area contributed by atoms with Crippen molar-refractivity contribution in [3.63, 3.8) is 0 Å². The van der Waals surface area contributed by atoms with Crippen molar-refractivity contribution in [1.29, 1.82) is 0 Å². The van der Waals surface area contributed by atoms with Gasteiger partial charge in [-0.2, -0.15) is 0 Å². The average molecular weight is 509 g/mol. The van der Waals surface area contributed by atoms with E-state index in [0.29, 0.717) is 36.6 Å². The number of para-hydroxylation sites is 1. The molecule has 1 N–H and O–H groups in total. The number of Topliss-reactive ketones (excluding diaryl/α,β-unsaturated/α-hetero) is 1. The summed E-state index contributed by atoms with van der Waals surface area (Å²) in [5.41, 5.74) is 1.84. The van der Waals surface area contributed by atoms with Crippen LogP contribution in [0.1, 0.15) is 64.3 Å². The molecule has 1 amide bonds. The van der Waals surface area contributed by atoms with Gasteiger partial charge in [0.05, 0.1) is 25.3 Å². The van der Waals surface area contributed by atoms with Gasteiger partial charge in [-0.3, -0.25) is 9.59 Å². The van der Waals surface area contributed by atoms with Crippen LogP contribution < -0.4 is 9.47 Å². The Morgan fingerprint density at radius 2 is 1.70 bits per heavy atom. The zero-order chi connectivity index (χ0) is 27.3. The van der Waals surface area contributed by atoms with Crippen LogP contribution in [0.4, 0.5) is 0 Å². The molecule has 1 heterocycles. The maximum atomic E-state index is 13.5. The predicted molar refractivity (Wildman–Crippen MR) is 146 cm³/mol. The first-order chi connectivity index (χ1) is 17.6. The number of nitrogens with zero attached hydrogens (tertiary/aromatic N) is 2. The highest BCUT2D eigenvalue weighted by atomic mass is 16.5. The number of carbonyl (C=O) groups excluding carboxylic acids is 2. The van der Waals surface area contributed by atoms with Crippen molar-refractivity contribution in [2.45, 2.75) is 53.0 Å². The minimum Gasteiger partial charge on any atom is -0.507 e. The molecule has 0 spiro atoms. The first-order valence-electron chi connectivity index (χ1n) is 13.0. The van der Waals surface area contributed by atoms with Gasteiger partial charge in [-0.15, -0.1) is 0 Å². The van der Waals surface area contributed by atoms with Crippen LogP contribution in [-0.4, -0.2) is 66.5 Å². The number of benzene rings is 2. The van der Waals surface area contributed by atoms with Crippen LogP contribution in [0.25, 0.3) is 5.76 Å². The first kappa shape index (κ1) is 28.3. The highest BCUT2D eigenvalue weighted by molar-refractivity contribution is 6.46. The largest absolute Gasteiger partial charge is 0.507 e. The topological polar surface area (TPSA) is 79.3 Å². The number of amides is 1. The third-order valence-electron chi connectivity index (χ3n) is 6.89. The lowest BCUT2D eigenvalue weighted by Crippen LogP contribution is -2.38. The number of ketones is 1. The molecule has 0 saturated carbocycles. The Morgan fingerprint density at radius 3 is 2.30 bits per heavy atom. The number of aliphatic hydroxyl groups excluding tert-OH is 1. The van der Waals surface area contributed by atoms with Gasteiger partial charge in [0, 0.05) is 29.8 Å². The standard InChI is InChI=1S/C30H40N2O5/c1-8-31(9-2)17-18-32-26(21-13-11-12-14-23(21)36-7)25(28(34)29(32)35)27(33)20-15-16-24(37-10-3)22(19-20)30(4,5)6/h11-16,19,26,33H,8-10,17-18H2,1-7H3/b27-25+. The van der Waals surface area contributed by atoms with Gasteiger partial charge in [0.25, 0.3) is 11.7 Å². The number of rotatable bonds is 10. The van der Waals surface area contributed by atoms with Crippen LogP contribution in [0.3, 0.4) is 0 Å². The van der Waals surface area contributed by atoms with Crippen LogP contribution in [0.15, 0.2) is 48.0 Å². The van der Waals surface area contributed by atoms with Gasteiger partial charge in [-0.1, -0.05) is 52.8 Å². The Hall–Kier alpha value is -3.32. The molecule has 7 nitrogen and oxygen atoms in total. The molecule has 1 unspecified atom stereocenters. The van der Waals surface area contributed by atoms with E-state index in [2.05, 4.69) is 39.5 Å². The SMILES string of the molecule is CCOc1ccc(/C(O)=C2\C(=O)C(=O)N(CCN(CC)CC)C2c2ccccc2OC)cc1C(C)(C)C. The molecule has 0 aromatic heterocycles. The van der Waals surface area contributed by atoms with Gasteiger partial charge in [0.2, 0.25) is 0 Å².